The molecule has 2 heterocycles. The zero-order chi connectivity index (χ0) is 15.4. The van der Waals surface area contributed by atoms with E-state index in [1.807, 2.05) is 20.0 Å². The quantitative estimate of drug-likeness (QED) is 0.885. The lowest BCUT2D eigenvalue weighted by Gasteiger charge is -2.19. The molecular weight excluding hydrogens is 264 g/mol. The van der Waals surface area contributed by atoms with Crippen molar-refractivity contribution in [2.24, 2.45) is 5.92 Å². The fourth-order valence-corrected chi connectivity index (χ4v) is 2.38. The Morgan fingerprint density at radius 1 is 1.29 bits per heavy atom. The number of aryl methyl sites for hydroxylation is 2. The van der Waals surface area contributed by atoms with Crippen LogP contribution in [0.25, 0.3) is 11.5 Å². The summed E-state index contributed by atoms with van der Waals surface area (Å²) in [5, 5.41) is 7.53. The number of nitrogens with zero attached hydrogens (tertiary/aromatic N) is 3. The third kappa shape index (κ3) is 3.88. The van der Waals surface area contributed by atoms with Gasteiger partial charge in [-0.15, -0.1) is 0 Å². The van der Waals surface area contributed by atoms with Crippen molar-refractivity contribution in [2.45, 2.75) is 47.1 Å². The largest absolute Gasteiger partial charge is 0.339 e. The van der Waals surface area contributed by atoms with E-state index in [1.54, 1.807) is 0 Å². The normalized spacial score (nSPS) is 12.9. The average Bonchev–Trinajstić information content (AvgIpc) is 2.86. The van der Waals surface area contributed by atoms with Crippen LogP contribution in [0.3, 0.4) is 0 Å². The highest BCUT2D eigenvalue weighted by atomic mass is 16.5. The van der Waals surface area contributed by atoms with E-state index in [0.717, 1.165) is 29.8 Å². The van der Waals surface area contributed by atoms with Crippen LogP contribution in [0.1, 0.15) is 37.8 Å². The smallest absolute Gasteiger partial charge is 0.228 e. The molecule has 0 amide bonds. The van der Waals surface area contributed by atoms with Crippen LogP contribution in [-0.4, -0.2) is 27.7 Å². The number of hydrogen-bond acceptors (Lipinski definition) is 5. The van der Waals surface area contributed by atoms with Crippen molar-refractivity contribution in [1.29, 1.82) is 0 Å². The maximum atomic E-state index is 5.39. The molecule has 2 rings (SSSR count). The SMILES string of the molecule is CCNC(Cc1nc(-c2ncc(C)cc2C)no1)C(C)C. The summed E-state index contributed by atoms with van der Waals surface area (Å²) < 4.78 is 5.39. The molecule has 1 unspecified atom stereocenters. The summed E-state index contributed by atoms with van der Waals surface area (Å²) in [5.74, 6) is 1.74. The highest BCUT2D eigenvalue weighted by Gasteiger charge is 2.18. The second-order valence-electron chi connectivity index (χ2n) is 5.80. The maximum absolute atomic E-state index is 5.39. The van der Waals surface area contributed by atoms with Crippen LogP contribution < -0.4 is 5.32 Å². The van der Waals surface area contributed by atoms with Crippen molar-refractivity contribution in [3.8, 4) is 11.5 Å². The standard InChI is InChI=1S/C16H24N4O/c1-6-17-13(10(2)3)8-14-19-16(20-21-14)15-12(5)7-11(4)9-18-15/h7,9-10,13,17H,6,8H2,1-5H3. The van der Waals surface area contributed by atoms with Gasteiger partial charge in [-0.2, -0.15) is 4.98 Å². The van der Waals surface area contributed by atoms with Crippen LogP contribution in [0.15, 0.2) is 16.8 Å². The Labute approximate surface area is 126 Å². The zero-order valence-corrected chi connectivity index (χ0v) is 13.5. The third-order valence-corrected chi connectivity index (χ3v) is 3.56. The number of hydrogen-bond donors (Lipinski definition) is 1. The van der Waals surface area contributed by atoms with Gasteiger partial charge in [-0.05, 0) is 37.4 Å². The summed E-state index contributed by atoms with van der Waals surface area (Å²) in [6, 6.07) is 2.42. The van der Waals surface area contributed by atoms with E-state index in [9.17, 15) is 0 Å². The highest BCUT2D eigenvalue weighted by Crippen LogP contribution is 2.19. The predicted molar refractivity (Wildman–Crippen MR) is 83.0 cm³/mol. The molecule has 1 N–H and O–H groups in total. The van der Waals surface area contributed by atoms with Gasteiger partial charge in [0.2, 0.25) is 11.7 Å². The van der Waals surface area contributed by atoms with Crippen molar-refractivity contribution in [2.75, 3.05) is 6.54 Å². The fraction of sp³-hybridized carbons (Fsp3) is 0.562. The van der Waals surface area contributed by atoms with Gasteiger partial charge in [-0.1, -0.05) is 32.0 Å². The molecule has 114 valence electrons. The lowest BCUT2D eigenvalue weighted by Crippen LogP contribution is -2.35. The minimum atomic E-state index is 0.343. The monoisotopic (exact) mass is 288 g/mol. The van der Waals surface area contributed by atoms with Gasteiger partial charge < -0.3 is 9.84 Å². The summed E-state index contributed by atoms with van der Waals surface area (Å²) in [6.45, 7) is 11.5. The molecule has 0 fully saturated rings. The van der Waals surface area contributed by atoms with Crippen LogP contribution in [-0.2, 0) is 6.42 Å². The molecule has 0 saturated carbocycles. The number of likely N-dealkylation sites (N-methyl/N-ethyl adjacent to an activating group) is 1. The number of pyridine rings is 1. The first-order valence-corrected chi connectivity index (χ1v) is 7.50. The first kappa shape index (κ1) is 15.6. The predicted octanol–water partition coefficient (Wildman–Crippen LogP) is 2.93. The first-order valence-electron chi connectivity index (χ1n) is 7.50. The Balaban J connectivity index is 2.17. The van der Waals surface area contributed by atoms with Crippen LogP contribution in [0.4, 0.5) is 0 Å². The third-order valence-electron chi connectivity index (χ3n) is 3.56. The van der Waals surface area contributed by atoms with Crippen LogP contribution in [0.2, 0.25) is 0 Å². The minimum absolute atomic E-state index is 0.343. The van der Waals surface area contributed by atoms with Gasteiger partial charge in [0.15, 0.2) is 0 Å². The molecule has 0 aliphatic heterocycles. The van der Waals surface area contributed by atoms with Crippen molar-refractivity contribution in [3.63, 3.8) is 0 Å². The highest BCUT2D eigenvalue weighted by molar-refractivity contribution is 5.53. The Hall–Kier alpha value is -1.75. The maximum Gasteiger partial charge on any atom is 0.228 e. The topological polar surface area (TPSA) is 63.8 Å². The second kappa shape index (κ2) is 6.80. The zero-order valence-electron chi connectivity index (χ0n) is 13.5. The fourth-order valence-electron chi connectivity index (χ4n) is 2.38. The Bertz CT molecular complexity index is 592. The van der Waals surface area contributed by atoms with Crippen LogP contribution in [0, 0.1) is 19.8 Å². The average molecular weight is 288 g/mol. The van der Waals surface area contributed by atoms with Crippen molar-refractivity contribution >= 4 is 0 Å². The molecule has 0 radical (unpaired) electrons. The molecule has 0 spiro atoms. The van der Waals surface area contributed by atoms with E-state index >= 15 is 0 Å². The summed E-state index contributed by atoms with van der Waals surface area (Å²) in [7, 11) is 0. The second-order valence-corrected chi connectivity index (χ2v) is 5.80. The molecule has 0 aliphatic rings. The number of nitrogens with one attached hydrogen (secondary N) is 1. The number of aromatic nitrogens is 3. The van der Waals surface area contributed by atoms with Crippen molar-refractivity contribution in [3.05, 3.63) is 29.3 Å². The van der Waals surface area contributed by atoms with E-state index in [0.29, 0.717) is 23.7 Å². The van der Waals surface area contributed by atoms with Crippen molar-refractivity contribution < 1.29 is 4.52 Å². The van der Waals surface area contributed by atoms with E-state index in [4.69, 9.17) is 4.52 Å². The lowest BCUT2D eigenvalue weighted by atomic mass is 10.0. The molecule has 1 atom stereocenters. The van der Waals surface area contributed by atoms with Gasteiger partial charge in [0.1, 0.15) is 5.69 Å². The molecule has 0 aliphatic carbocycles. The van der Waals surface area contributed by atoms with E-state index in [1.165, 1.54) is 0 Å². The molecule has 5 nitrogen and oxygen atoms in total. The summed E-state index contributed by atoms with van der Waals surface area (Å²) in [6.07, 6.45) is 2.57. The van der Waals surface area contributed by atoms with E-state index in [2.05, 4.69) is 47.3 Å². The minimum Gasteiger partial charge on any atom is -0.339 e. The van der Waals surface area contributed by atoms with Gasteiger partial charge in [-0.25, -0.2) is 0 Å². The molecule has 0 aromatic carbocycles. The van der Waals surface area contributed by atoms with Crippen molar-refractivity contribution in [1.82, 2.24) is 20.4 Å². The van der Waals surface area contributed by atoms with Gasteiger partial charge in [0.05, 0.1) is 0 Å². The van der Waals surface area contributed by atoms with E-state index in [-0.39, 0.29) is 0 Å². The van der Waals surface area contributed by atoms with E-state index < -0.39 is 0 Å². The first-order chi connectivity index (χ1) is 10.0. The van der Waals surface area contributed by atoms with Gasteiger partial charge in [-0.3, -0.25) is 4.98 Å². The molecule has 5 heteroatoms. The Morgan fingerprint density at radius 3 is 2.67 bits per heavy atom. The van der Waals surface area contributed by atoms with Crippen LogP contribution in [0.5, 0.6) is 0 Å². The lowest BCUT2D eigenvalue weighted by molar-refractivity contribution is 0.329. The van der Waals surface area contributed by atoms with Gasteiger partial charge in [0, 0.05) is 18.7 Å². The summed E-state index contributed by atoms with van der Waals surface area (Å²) in [5.41, 5.74) is 2.99. The molecule has 21 heavy (non-hydrogen) atoms. The molecule has 0 bridgehead atoms. The van der Waals surface area contributed by atoms with Gasteiger partial charge in [0.25, 0.3) is 0 Å². The molecule has 2 aromatic rings. The summed E-state index contributed by atoms with van der Waals surface area (Å²) >= 11 is 0. The molecular formula is C16H24N4O. The molecule has 0 saturated heterocycles. The Morgan fingerprint density at radius 2 is 2.05 bits per heavy atom. The molecule has 2 aromatic heterocycles. The Kier molecular flexibility index (Phi) is 5.07. The summed E-state index contributed by atoms with van der Waals surface area (Å²) in [4.78, 5) is 8.91. The number of rotatable bonds is 6. The van der Waals surface area contributed by atoms with Gasteiger partial charge >= 0.3 is 0 Å². The van der Waals surface area contributed by atoms with Crippen LogP contribution >= 0.6 is 0 Å².